The van der Waals surface area contributed by atoms with E-state index < -0.39 is 15.9 Å². The largest absolute Gasteiger partial charge is 0.375 e. The Labute approximate surface area is 130 Å². The summed E-state index contributed by atoms with van der Waals surface area (Å²) in [7, 11) is -3.57. The van der Waals surface area contributed by atoms with E-state index >= 15 is 0 Å². The second-order valence-electron chi connectivity index (χ2n) is 5.77. The second-order valence-corrected chi connectivity index (χ2v) is 7.66. The number of carbonyl (C=O) groups is 1. The van der Waals surface area contributed by atoms with Gasteiger partial charge in [0.05, 0.1) is 23.6 Å². The Balaban J connectivity index is 1.89. The van der Waals surface area contributed by atoms with Crippen LogP contribution in [0, 0.1) is 0 Å². The van der Waals surface area contributed by atoms with E-state index in [0.29, 0.717) is 18.7 Å². The molecule has 120 valence electrons. The molecule has 0 radical (unpaired) electrons. The zero-order valence-corrected chi connectivity index (χ0v) is 13.1. The van der Waals surface area contributed by atoms with Gasteiger partial charge in [0.25, 0.3) is 0 Å². The molecule has 22 heavy (non-hydrogen) atoms. The number of rotatable bonds is 3. The summed E-state index contributed by atoms with van der Waals surface area (Å²) in [4.78, 5) is 11.3. The van der Waals surface area contributed by atoms with Crippen molar-refractivity contribution in [2.24, 2.45) is 5.73 Å². The number of hydrogen-bond donors (Lipinski definition) is 1. The maximum Gasteiger partial charge on any atom is 0.248 e. The van der Waals surface area contributed by atoms with Crippen molar-refractivity contribution >= 4 is 15.9 Å². The zero-order chi connectivity index (χ0) is 15.7. The van der Waals surface area contributed by atoms with Crippen LogP contribution in [0.15, 0.2) is 29.2 Å². The van der Waals surface area contributed by atoms with Gasteiger partial charge in [0.2, 0.25) is 15.9 Å². The molecular formula is C15H20N2O4S. The number of carbonyl (C=O) groups excluding carboxylic acids is 1. The fourth-order valence-corrected chi connectivity index (χ4v) is 4.95. The van der Waals surface area contributed by atoms with Gasteiger partial charge in [-0.25, -0.2) is 8.42 Å². The number of nitrogens with two attached hydrogens (primary N) is 1. The fourth-order valence-electron chi connectivity index (χ4n) is 3.29. The fraction of sp³-hybridized carbons (Fsp3) is 0.533. The number of morpholine rings is 1. The molecule has 7 heteroatoms. The summed E-state index contributed by atoms with van der Waals surface area (Å²) in [6.45, 7) is 0.806. The van der Waals surface area contributed by atoms with Crippen LogP contribution in [0.2, 0.25) is 0 Å². The summed E-state index contributed by atoms with van der Waals surface area (Å²) >= 11 is 0. The minimum Gasteiger partial charge on any atom is -0.375 e. The predicted molar refractivity (Wildman–Crippen MR) is 80.8 cm³/mol. The van der Waals surface area contributed by atoms with Crippen molar-refractivity contribution in [1.82, 2.24) is 4.31 Å². The van der Waals surface area contributed by atoms with Gasteiger partial charge in [-0.1, -0.05) is 12.8 Å². The summed E-state index contributed by atoms with van der Waals surface area (Å²) in [6.07, 6.45) is 3.86. The number of fused-ring (bicyclic) bond motifs is 1. The van der Waals surface area contributed by atoms with Crippen molar-refractivity contribution in [3.63, 3.8) is 0 Å². The molecule has 1 aliphatic heterocycles. The Kier molecular flexibility index (Phi) is 4.20. The van der Waals surface area contributed by atoms with Crippen LogP contribution in [0.25, 0.3) is 0 Å². The van der Waals surface area contributed by atoms with Gasteiger partial charge >= 0.3 is 0 Å². The predicted octanol–water partition coefficient (Wildman–Crippen LogP) is 1.12. The van der Waals surface area contributed by atoms with Gasteiger partial charge in [0.1, 0.15) is 0 Å². The van der Waals surface area contributed by atoms with Gasteiger partial charge in [0.15, 0.2) is 0 Å². The van der Waals surface area contributed by atoms with Gasteiger partial charge in [-0.2, -0.15) is 4.31 Å². The molecule has 1 aromatic rings. The van der Waals surface area contributed by atoms with E-state index in [1.807, 2.05) is 0 Å². The molecule has 1 saturated heterocycles. The van der Waals surface area contributed by atoms with Crippen LogP contribution >= 0.6 is 0 Å². The van der Waals surface area contributed by atoms with Crippen molar-refractivity contribution in [2.75, 3.05) is 13.2 Å². The lowest BCUT2D eigenvalue weighted by Crippen LogP contribution is -2.54. The molecule has 1 aromatic carbocycles. The number of nitrogens with zero attached hydrogens (tertiary/aromatic N) is 1. The highest BCUT2D eigenvalue weighted by molar-refractivity contribution is 7.89. The third-order valence-corrected chi connectivity index (χ3v) is 6.37. The number of hydrogen-bond acceptors (Lipinski definition) is 4. The van der Waals surface area contributed by atoms with Crippen LogP contribution in [0.4, 0.5) is 0 Å². The average molecular weight is 324 g/mol. The Morgan fingerprint density at radius 3 is 2.55 bits per heavy atom. The monoisotopic (exact) mass is 324 g/mol. The highest BCUT2D eigenvalue weighted by Gasteiger charge is 2.40. The molecule has 0 aromatic heterocycles. The Hall–Kier alpha value is -1.44. The average Bonchev–Trinajstić information content (AvgIpc) is 2.54. The van der Waals surface area contributed by atoms with E-state index in [1.54, 1.807) is 4.31 Å². The first-order chi connectivity index (χ1) is 10.5. The van der Waals surface area contributed by atoms with E-state index in [-0.39, 0.29) is 17.0 Å². The van der Waals surface area contributed by atoms with Crippen LogP contribution in [0.3, 0.4) is 0 Å². The van der Waals surface area contributed by atoms with Gasteiger partial charge < -0.3 is 10.5 Å². The highest BCUT2D eigenvalue weighted by atomic mass is 32.2. The molecule has 3 rings (SSSR count). The summed E-state index contributed by atoms with van der Waals surface area (Å²) in [6, 6.07) is 5.72. The Bertz CT molecular complexity index is 655. The highest BCUT2D eigenvalue weighted by Crippen LogP contribution is 2.32. The molecule has 2 aliphatic rings. The van der Waals surface area contributed by atoms with Crippen molar-refractivity contribution in [3.8, 4) is 0 Å². The van der Waals surface area contributed by atoms with E-state index in [4.69, 9.17) is 10.5 Å². The first-order valence-corrected chi connectivity index (χ1v) is 8.97. The minimum atomic E-state index is -3.57. The van der Waals surface area contributed by atoms with Crippen LogP contribution in [-0.4, -0.2) is 43.9 Å². The molecule has 2 N–H and O–H groups in total. The number of benzene rings is 1. The van der Waals surface area contributed by atoms with Gasteiger partial charge in [-0.3, -0.25) is 4.79 Å². The summed E-state index contributed by atoms with van der Waals surface area (Å²) < 4.78 is 33.1. The number of amides is 1. The lowest BCUT2D eigenvalue weighted by molar-refractivity contribution is -0.0586. The summed E-state index contributed by atoms with van der Waals surface area (Å²) in [5.41, 5.74) is 5.49. The summed E-state index contributed by atoms with van der Waals surface area (Å²) in [5.74, 6) is -0.567. The van der Waals surface area contributed by atoms with E-state index in [0.717, 1.165) is 25.7 Å². The normalized spacial score (nSPS) is 26.4. The molecule has 0 spiro atoms. The molecular weight excluding hydrogens is 304 g/mol. The van der Waals surface area contributed by atoms with Gasteiger partial charge in [-0.15, -0.1) is 0 Å². The van der Waals surface area contributed by atoms with E-state index in [1.165, 1.54) is 24.3 Å². The zero-order valence-electron chi connectivity index (χ0n) is 12.3. The quantitative estimate of drug-likeness (QED) is 0.902. The molecule has 1 aliphatic carbocycles. The summed E-state index contributed by atoms with van der Waals surface area (Å²) in [5, 5.41) is 0. The standard InChI is InChI=1S/C15H20N2O4S/c16-15(18)11-5-7-12(8-6-11)22(19,20)17-9-10-21-14-4-2-1-3-13(14)17/h5-8,13-14H,1-4,9-10H2,(H2,16,18)/t13-,14+/m0/s1. The lowest BCUT2D eigenvalue weighted by atomic mass is 9.91. The van der Waals surface area contributed by atoms with E-state index in [9.17, 15) is 13.2 Å². The SMILES string of the molecule is NC(=O)c1ccc(S(=O)(=O)N2CCO[C@@H]3CCCC[C@@H]32)cc1. The number of primary amides is 1. The molecule has 0 bridgehead atoms. The number of sulfonamides is 1. The van der Waals surface area contributed by atoms with E-state index in [2.05, 4.69) is 0 Å². The lowest BCUT2D eigenvalue weighted by Gasteiger charge is -2.42. The van der Waals surface area contributed by atoms with Crippen molar-refractivity contribution in [2.45, 2.75) is 42.7 Å². The molecule has 2 atom stereocenters. The third kappa shape index (κ3) is 2.76. The second kappa shape index (κ2) is 5.98. The van der Waals surface area contributed by atoms with Gasteiger partial charge in [-0.05, 0) is 37.1 Å². The third-order valence-electron chi connectivity index (χ3n) is 4.43. The van der Waals surface area contributed by atoms with Crippen molar-refractivity contribution in [3.05, 3.63) is 29.8 Å². The van der Waals surface area contributed by atoms with Crippen LogP contribution in [0.5, 0.6) is 0 Å². The first-order valence-electron chi connectivity index (χ1n) is 7.53. The number of ether oxygens (including phenoxy) is 1. The van der Waals surface area contributed by atoms with Crippen LogP contribution < -0.4 is 5.73 Å². The van der Waals surface area contributed by atoms with Crippen LogP contribution in [0.1, 0.15) is 36.0 Å². The maximum atomic E-state index is 12.9. The Morgan fingerprint density at radius 2 is 1.86 bits per heavy atom. The molecule has 0 unspecified atom stereocenters. The maximum absolute atomic E-state index is 12.9. The molecule has 1 saturated carbocycles. The molecule has 1 heterocycles. The molecule has 6 nitrogen and oxygen atoms in total. The smallest absolute Gasteiger partial charge is 0.248 e. The van der Waals surface area contributed by atoms with Crippen molar-refractivity contribution < 1.29 is 17.9 Å². The minimum absolute atomic E-state index is 0.00201. The topological polar surface area (TPSA) is 89.7 Å². The van der Waals surface area contributed by atoms with Crippen molar-refractivity contribution in [1.29, 1.82) is 0 Å². The first kappa shape index (κ1) is 15.5. The van der Waals surface area contributed by atoms with Gasteiger partial charge in [0, 0.05) is 12.1 Å². The molecule has 1 amide bonds. The van der Waals surface area contributed by atoms with Crippen LogP contribution in [-0.2, 0) is 14.8 Å². The Morgan fingerprint density at radius 1 is 1.18 bits per heavy atom. The molecule has 2 fully saturated rings.